The lowest BCUT2D eigenvalue weighted by Crippen LogP contribution is -2.05. The van der Waals surface area contributed by atoms with Crippen LogP contribution >= 0.6 is 0 Å². The summed E-state index contributed by atoms with van der Waals surface area (Å²) in [5, 5.41) is 8.93. The van der Waals surface area contributed by atoms with Crippen molar-refractivity contribution in [2.45, 2.75) is 78.1 Å². The maximum Gasteiger partial charge on any atom is 0.217 e. The number of unbranched alkanes of at least 4 members (excludes halogenated alkanes) is 9. The molecule has 8 N–H and O–H groups in total. The van der Waals surface area contributed by atoms with Gasteiger partial charge >= 0.3 is 0 Å². The highest BCUT2D eigenvalue weighted by atomic mass is 32.3. The predicted molar refractivity (Wildman–Crippen MR) is 90.0 cm³/mol. The molecule has 0 heterocycles. The van der Waals surface area contributed by atoms with Crippen LogP contribution in [-0.4, -0.2) is 26.2 Å². The van der Waals surface area contributed by atoms with E-state index >= 15 is 0 Å². The van der Waals surface area contributed by atoms with Crippen LogP contribution in [0.15, 0.2) is 0 Å². The lowest BCUT2D eigenvalue weighted by molar-refractivity contribution is -0.361. The Bertz CT molecular complexity index is 274. The first-order valence-corrected chi connectivity index (χ1v) is 8.99. The Morgan fingerprint density at radius 1 is 0.773 bits per heavy atom. The van der Waals surface area contributed by atoms with Gasteiger partial charge in [0, 0.05) is 0 Å². The van der Waals surface area contributed by atoms with Crippen molar-refractivity contribution in [3.05, 3.63) is 0 Å². The average Bonchev–Trinajstić information content (AvgIpc) is 2.35. The average molecular weight is 347 g/mol. The van der Waals surface area contributed by atoms with Crippen LogP contribution in [0.3, 0.4) is 0 Å². The van der Waals surface area contributed by atoms with Gasteiger partial charge in [-0.1, -0.05) is 71.6 Å². The summed E-state index contributed by atoms with van der Waals surface area (Å²) >= 11 is 0. The third-order valence-electron chi connectivity index (χ3n) is 2.73. The fourth-order valence-electron chi connectivity index (χ4n) is 1.75. The van der Waals surface area contributed by atoms with Crippen LogP contribution in [-0.2, 0) is 14.6 Å². The Balaban J connectivity index is -0.000000297. The van der Waals surface area contributed by atoms with Gasteiger partial charge in [0.2, 0.25) is 10.4 Å². The summed E-state index contributed by atoms with van der Waals surface area (Å²) in [5.74, 6) is 0. The molecular weight excluding hydrogens is 308 g/mol. The molecule has 22 heavy (non-hydrogen) atoms. The van der Waals surface area contributed by atoms with Crippen LogP contribution in [0.1, 0.15) is 78.1 Å². The van der Waals surface area contributed by atoms with E-state index in [1.165, 1.54) is 44.9 Å². The van der Waals surface area contributed by atoms with Gasteiger partial charge in [-0.25, -0.2) is 8.42 Å². The van der Waals surface area contributed by atoms with Crippen molar-refractivity contribution in [2.75, 3.05) is 13.2 Å². The van der Waals surface area contributed by atoms with E-state index in [4.69, 9.17) is 5.11 Å². The summed E-state index contributed by atoms with van der Waals surface area (Å²) in [7, 11) is -4.48. The van der Waals surface area contributed by atoms with Crippen molar-refractivity contribution < 1.29 is 22.3 Å². The molecule has 0 fully saturated rings. The zero-order valence-corrected chi connectivity index (χ0v) is 15.8. The molecule has 0 saturated heterocycles. The lowest BCUT2D eigenvalue weighted by atomic mass is 10.1. The quantitative estimate of drug-likeness (QED) is 0.313. The van der Waals surface area contributed by atoms with Crippen molar-refractivity contribution in [1.82, 2.24) is 12.3 Å². The van der Waals surface area contributed by atoms with Crippen LogP contribution in [0, 0.1) is 0 Å². The van der Waals surface area contributed by atoms with E-state index < -0.39 is 10.4 Å². The van der Waals surface area contributed by atoms with Gasteiger partial charge in [0.1, 0.15) is 0 Å². The second-order valence-electron chi connectivity index (χ2n) is 4.70. The van der Waals surface area contributed by atoms with Crippen molar-refractivity contribution in [3.63, 3.8) is 0 Å². The molecule has 0 aliphatic carbocycles. The largest absolute Gasteiger partial charge is 0.855 e. The molecule has 8 heteroatoms. The highest BCUT2D eigenvalue weighted by molar-refractivity contribution is 7.80. The van der Waals surface area contributed by atoms with Crippen molar-refractivity contribution in [1.29, 1.82) is 0 Å². The molecule has 140 valence electrons. The predicted octanol–water partition coefficient (Wildman–Crippen LogP) is 3.50. The first kappa shape index (κ1) is 29.7. The van der Waals surface area contributed by atoms with Gasteiger partial charge in [-0.2, -0.15) is 0 Å². The van der Waals surface area contributed by atoms with E-state index in [1.807, 2.05) is 0 Å². The molecule has 0 radical (unpaired) electrons. The van der Waals surface area contributed by atoms with Crippen LogP contribution < -0.4 is 17.4 Å². The normalized spacial score (nSPS) is 10.0. The van der Waals surface area contributed by atoms with E-state index in [2.05, 4.69) is 11.1 Å². The fourth-order valence-corrected chi connectivity index (χ4v) is 2.07. The monoisotopic (exact) mass is 346 g/mol. The maximum absolute atomic E-state index is 10.1. The Kier molecular flexibility index (Phi) is 31.1. The third kappa shape index (κ3) is 36.7. The smallest absolute Gasteiger partial charge is 0.217 e. The number of quaternary nitrogens is 2. The Morgan fingerprint density at radius 2 is 1.09 bits per heavy atom. The number of hydrogen-bond donors (Lipinski definition) is 2. The van der Waals surface area contributed by atoms with Gasteiger partial charge in [-0.3, -0.25) is 4.18 Å². The molecular formula is C14H38N2O5S. The molecule has 0 aliphatic heterocycles. The molecule has 7 nitrogen and oxygen atoms in total. The summed E-state index contributed by atoms with van der Waals surface area (Å²) < 4.78 is 34.5. The highest BCUT2D eigenvalue weighted by Crippen LogP contribution is 2.10. The second-order valence-corrected chi connectivity index (χ2v) is 5.75. The van der Waals surface area contributed by atoms with E-state index in [0.29, 0.717) is 6.42 Å². The summed E-state index contributed by atoms with van der Waals surface area (Å²) in [5.41, 5.74) is 0. The molecule has 0 saturated carbocycles. The van der Waals surface area contributed by atoms with Gasteiger partial charge < -0.3 is 22.0 Å². The maximum atomic E-state index is 10.1. The van der Waals surface area contributed by atoms with Gasteiger partial charge in [0.05, 0.1) is 6.61 Å². The van der Waals surface area contributed by atoms with Gasteiger partial charge in [-0.15, -0.1) is 6.61 Å². The van der Waals surface area contributed by atoms with E-state index in [-0.39, 0.29) is 25.5 Å². The summed E-state index contributed by atoms with van der Waals surface area (Å²) in [4.78, 5) is 0. The van der Waals surface area contributed by atoms with Crippen LogP contribution in [0.4, 0.5) is 0 Å². The minimum Gasteiger partial charge on any atom is -0.855 e. The number of hydrogen-bond acceptors (Lipinski definition) is 5. The number of rotatable bonds is 12. The van der Waals surface area contributed by atoms with E-state index in [0.717, 1.165) is 12.8 Å². The van der Waals surface area contributed by atoms with Crippen molar-refractivity contribution in [2.24, 2.45) is 0 Å². The topological polar surface area (TPSA) is 162 Å². The lowest BCUT2D eigenvalue weighted by Gasteiger charge is -2.06. The van der Waals surface area contributed by atoms with Gasteiger partial charge in [-0.05, 0) is 6.42 Å². The zero-order valence-electron chi connectivity index (χ0n) is 14.9. The Morgan fingerprint density at radius 3 is 1.41 bits per heavy atom. The highest BCUT2D eigenvalue weighted by Gasteiger charge is 1.95. The minimum atomic E-state index is -4.48. The standard InChI is InChI=1S/C12H26O4S.C2H5O.2H3N/c1-2-3-4-5-6-7-8-9-10-11-12-16-17(13,14)15;1-2-3;;/h2-12H2,1H3,(H,13,14,15);2H2,1H3;2*1H3/q;-1;;/p+1. The van der Waals surface area contributed by atoms with Crippen molar-refractivity contribution >= 4 is 10.4 Å². The minimum absolute atomic E-state index is 0. The molecule has 0 atom stereocenters. The van der Waals surface area contributed by atoms with Crippen molar-refractivity contribution in [3.8, 4) is 0 Å². The van der Waals surface area contributed by atoms with E-state index in [1.54, 1.807) is 6.92 Å². The van der Waals surface area contributed by atoms with E-state index in [9.17, 15) is 13.0 Å². The molecule has 0 aromatic rings. The Labute approximate surface area is 137 Å². The molecule has 0 rings (SSSR count). The molecule has 0 spiro atoms. The molecule has 0 aromatic heterocycles. The molecule has 0 aliphatic rings. The van der Waals surface area contributed by atoms with Crippen LogP contribution in [0.25, 0.3) is 0 Å². The third-order valence-corrected chi connectivity index (χ3v) is 3.18. The summed E-state index contributed by atoms with van der Waals surface area (Å²) in [6.45, 7) is 3.81. The first-order valence-electron chi connectivity index (χ1n) is 7.66. The first-order chi connectivity index (χ1) is 9.47. The Hall–Kier alpha value is -0.250. The molecule has 0 bridgehead atoms. The van der Waals surface area contributed by atoms with Crippen LogP contribution in [0.2, 0.25) is 0 Å². The SMILES string of the molecule is CCCCCCCCCCCCOS(=O)(=O)[O-].CC[O-].[NH4+].[NH4+]. The van der Waals surface area contributed by atoms with Crippen LogP contribution in [0.5, 0.6) is 0 Å². The molecule has 0 unspecified atom stereocenters. The summed E-state index contributed by atoms with van der Waals surface area (Å²) in [6.07, 6.45) is 11.7. The molecule has 0 aromatic carbocycles. The molecule has 0 amide bonds. The van der Waals surface area contributed by atoms with Gasteiger partial charge in [0.25, 0.3) is 0 Å². The summed E-state index contributed by atoms with van der Waals surface area (Å²) in [6, 6.07) is 0. The fraction of sp³-hybridized carbons (Fsp3) is 1.00. The van der Waals surface area contributed by atoms with Gasteiger partial charge in [0.15, 0.2) is 0 Å². The zero-order chi connectivity index (χ0) is 15.7. The second kappa shape index (κ2) is 23.0.